The summed E-state index contributed by atoms with van der Waals surface area (Å²) in [6, 6.07) is 0.0783. The number of aryl methyl sites for hydroxylation is 1. The fourth-order valence-electron chi connectivity index (χ4n) is 2.70. The lowest BCUT2D eigenvalue weighted by molar-refractivity contribution is 0.0507. The molecule has 1 unspecified atom stereocenters. The molecule has 1 amide bonds. The number of carbonyl (C=O) groups is 1. The van der Waals surface area contributed by atoms with Crippen LogP contribution >= 0.6 is 35.3 Å². The van der Waals surface area contributed by atoms with Gasteiger partial charge in [0.15, 0.2) is 5.96 Å². The maximum Gasteiger partial charge on any atom is 0.407 e. The summed E-state index contributed by atoms with van der Waals surface area (Å²) in [4.78, 5) is 22.9. The van der Waals surface area contributed by atoms with Gasteiger partial charge in [0.25, 0.3) is 0 Å². The second-order valence-corrected chi connectivity index (χ2v) is 8.22. The van der Waals surface area contributed by atoms with Crippen LogP contribution in [-0.2, 0) is 11.2 Å². The van der Waals surface area contributed by atoms with Gasteiger partial charge < -0.3 is 20.3 Å². The standard InChI is InChI=1S/C17H29N5O2S.HI/c1-12-20-14(11-25-12)6-8-19-15(18-5)22-9-7-13(10-22)21-16(23)24-17(2,3)4;/h11,13H,6-10H2,1-5H3,(H,18,19)(H,21,23);1H. The van der Waals surface area contributed by atoms with Crippen LogP contribution in [-0.4, -0.2) is 60.3 Å². The Hall–Kier alpha value is -1.10. The minimum atomic E-state index is -0.478. The molecule has 0 aliphatic carbocycles. The summed E-state index contributed by atoms with van der Waals surface area (Å²) in [6.45, 7) is 9.99. The molecule has 0 bridgehead atoms. The number of amides is 1. The van der Waals surface area contributed by atoms with Crippen LogP contribution < -0.4 is 10.6 Å². The van der Waals surface area contributed by atoms with Crippen LogP contribution in [0.25, 0.3) is 0 Å². The molecule has 1 aliphatic rings. The number of carbonyl (C=O) groups excluding carboxylic acids is 1. The number of halogens is 1. The topological polar surface area (TPSA) is 78.9 Å². The molecule has 1 fully saturated rings. The lowest BCUT2D eigenvalue weighted by Gasteiger charge is -2.23. The molecule has 1 aromatic heterocycles. The zero-order valence-electron chi connectivity index (χ0n) is 16.2. The van der Waals surface area contributed by atoms with Crippen molar-refractivity contribution in [2.45, 2.75) is 52.2 Å². The average molecular weight is 495 g/mol. The predicted octanol–water partition coefficient (Wildman–Crippen LogP) is 2.79. The van der Waals surface area contributed by atoms with E-state index in [2.05, 4.69) is 30.9 Å². The van der Waals surface area contributed by atoms with E-state index in [0.29, 0.717) is 0 Å². The molecule has 1 aromatic rings. The van der Waals surface area contributed by atoms with Gasteiger partial charge in [0, 0.05) is 38.5 Å². The van der Waals surface area contributed by atoms with Gasteiger partial charge in [-0.1, -0.05) is 0 Å². The fraction of sp³-hybridized carbons (Fsp3) is 0.706. The molecule has 0 spiro atoms. The maximum absolute atomic E-state index is 11.9. The number of ether oxygens (including phenoxy) is 1. The first-order chi connectivity index (χ1) is 11.8. The molecular weight excluding hydrogens is 465 g/mol. The average Bonchev–Trinajstić information content (AvgIpc) is 3.11. The molecule has 148 valence electrons. The summed E-state index contributed by atoms with van der Waals surface area (Å²) in [5, 5.41) is 9.50. The third-order valence-corrected chi connectivity index (χ3v) is 4.57. The second-order valence-electron chi connectivity index (χ2n) is 7.16. The van der Waals surface area contributed by atoms with Gasteiger partial charge in [0.1, 0.15) is 5.60 Å². The Balaban J connectivity index is 0.00000338. The van der Waals surface area contributed by atoms with E-state index in [1.54, 1.807) is 18.4 Å². The first-order valence-corrected chi connectivity index (χ1v) is 9.51. The predicted molar refractivity (Wildman–Crippen MR) is 117 cm³/mol. The molecule has 7 nitrogen and oxygen atoms in total. The van der Waals surface area contributed by atoms with Crippen LogP contribution in [0.3, 0.4) is 0 Å². The quantitative estimate of drug-likeness (QED) is 0.382. The van der Waals surface area contributed by atoms with Crippen LogP contribution in [0.4, 0.5) is 4.79 Å². The second kappa shape index (κ2) is 10.3. The molecule has 26 heavy (non-hydrogen) atoms. The number of hydrogen-bond donors (Lipinski definition) is 2. The van der Waals surface area contributed by atoms with Crippen molar-refractivity contribution in [2.24, 2.45) is 4.99 Å². The summed E-state index contributed by atoms with van der Waals surface area (Å²) in [6.07, 6.45) is 1.39. The molecule has 2 rings (SSSR count). The maximum atomic E-state index is 11.9. The number of guanidine groups is 1. The Morgan fingerprint density at radius 3 is 2.81 bits per heavy atom. The number of rotatable bonds is 4. The van der Waals surface area contributed by atoms with Gasteiger partial charge in [-0.05, 0) is 34.1 Å². The van der Waals surface area contributed by atoms with Crippen molar-refractivity contribution in [1.29, 1.82) is 0 Å². The number of hydrogen-bond acceptors (Lipinski definition) is 5. The Kier molecular flexibility index (Phi) is 9.08. The van der Waals surface area contributed by atoms with Gasteiger partial charge in [0.05, 0.1) is 16.7 Å². The zero-order valence-corrected chi connectivity index (χ0v) is 19.3. The van der Waals surface area contributed by atoms with E-state index in [-0.39, 0.29) is 36.1 Å². The minimum absolute atomic E-state index is 0. The number of aromatic nitrogens is 1. The molecule has 0 radical (unpaired) electrons. The van der Waals surface area contributed by atoms with Crippen LogP contribution in [0.5, 0.6) is 0 Å². The number of nitrogens with one attached hydrogen (secondary N) is 2. The number of thiazole rings is 1. The summed E-state index contributed by atoms with van der Waals surface area (Å²) in [5.41, 5.74) is 0.630. The van der Waals surface area contributed by atoms with Crippen molar-refractivity contribution in [3.63, 3.8) is 0 Å². The number of likely N-dealkylation sites (tertiary alicyclic amines) is 1. The van der Waals surface area contributed by atoms with Crippen LogP contribution in [0.2, 0.25) is 0 Å². The largest absolute Gasteiger partial charge is 0.444 e. The van der Waals surface area contributed by atoms with Crippen molar-refractivity contribution in [3.05, 3.63) is 16.1 Å². The number of alkyl carbamates (subject to hydrolysis) is 1. The van der Waals surface area contributed by atoms with Crippen molar-refractivity contribution in [3.8, 4) is 0 Å². The van der Waals surface area contributed by atoms with E-state index in [1.165, 1.54) is 0 Å². The van der Waals surface area contributed by atoms with Gasteiger partial charge in [-0.15, -0.1) is 35.3 Å². The van der Waals surface area contributed by atoms with E-state index >= 15 is 0 Å². The van der Waals surface area contributed by atoms with Crippen LogP contribution in [0.1, 0.15) is 37.9 Å². The zero-order chi connectivity index (χ0) is 18.4. The summed E-state index contributed by atoms with van der Waals surface area (Å²) < 4.78 is 5.32. The molecule has 0 aromatic carbocycles. The minimum Gasteiger partial charge on any atom is -0.444 e. The van der Waals surface area contributed by atoms with Crippen LogP contribution in [0.15, 0.2) is 10.4 Å². The molecule has 2 N–H and O–H groups in total. The van der Waals surface area contributed by atoms with E-state index in [9.17, 15) is 4.79 Å². The Morgan fingerprint density at radius 2 is 2.23 bits per heavy atom. The lowest BCUT2D eigenvalue weighted by Crippen LogP contribution is -2.44. The third-order valence-electron chi connectivity index (χ3n) is 3.75. The Labute approximate surface area is 177 Å². The van der Waals surface area contributed by atoms with Crippen molar-refractivity contribution >= 4 is 47.4 Å². The first kappa shape index (κ1) is 22.9. The van der Waals surface area contributed by atoms with Crippen molar-refractivity contribution in [1.82, 2.24) is 20.5 Å². The molecule has 9 heteroatoms. The molecule has 1 aliphatic heterocycles. The van der Waals surface area contributed by atoms with Crippen molar-refractivity contribution < 1.29 is 9.53 Å². The first-order valence-electron chi connectivity index (χ1n) is 8.63. The van der Waals surface area contributed by atoms with Crippen molar-refractivity contribution in [2.75, 3.05) is 26.7 Å². The Bertz CT molecular complexity index is 615. The number of aliphatic imine (C=N–C) groups is 1. The lowest BCUT2D eigenvalue weighted by atomic mass is 10.2. The smallest absolute Gasteiger partial charge is 0.407 e. The molecule has 1 atom stereocenters. The normalized spacial score (nSPS) is 17.7. The van der Waals surface area contributed by atoms with E-state index in [4.69, 9.17) is 4.74 Å². The molecular formula is C17H30IN5O2S. The highest BCUT2D eigenvalue weighted by Gasteiger charge is 2.27. The highest BCUT2D eigenvalue weighted by atomic mass is 127. The highest BCUT2D eigenvalue weighted by Crippen LogP contribution is 2.12. The van der Waals surface area contributed by atoms with E-state index < -0.39 is 5.60 Å². The molecule has 1 saturated heterocycles. The van der Waals surface area contributed by atoms with Gasteiger partial charge >= 0.3 is 6.09 Å². The monoisotopic (exact) mass is 495 g/mol. The van der Waals surface area contributed by atoms with E-state index in [0.717, 1.165) is 49.1 Å². The number of nitrogens with zero attached hydrogens (tertiary/aromatic N) is 3. The summed E-state index contributed by atoms with van der Waals surface area (Å²) >= 11 is 1.67. The van der Waals surface area contributed by atoms with E-state index in [1.807, 2.05) is 27.7 Å². The summed E-state index contributed by atoms with van der Waals surface area (Å²) in [5.74, 6) is 0.862. The SMILES string of the molecule is CN=C(NCCc1csc(C)n1)N1CCC(NC(=O)OC(C)(C)C)C1.I. The van der Waals surface area contributed by atoms with Gasteiger partial charge in [-0.2, -0.15) is 0 Å². The summed E-state index contributed by atoms with van der Waals surface area (Å²) in [7, 11) is 1.78. The van der Waals surface area contributed by atoms with Gasteiger partial charge in [-0.3, -0.25) is 4.99 Å². The van der Waals surface area contributed by atoms with Crippen LogP contribution in [0, 0.1) is 6.92 Å². The highest BCUT2D eigenvalue weighted by molar-refractivity contribution is 14.0. The third kappa shape index (κ3) is 7.65. The molecule has 2 heterocycles. The van der Waals surface area contributed by atoms with Gasteiger partial charge in [0.2, 0.25) is 0 Å². The molecule has 0 saturated carbocycles. The fourth-order valence-corrected chi connectivity index (χ4v) is 3.35. The Morgan fingerprint density at radius 1 is 1.50 bits per heavy atom. The van der Waals surface area contributed by atoms with Gasteiger partial charge in [-0.25, -0.2) is 9.78 Å².